The maximum absolute atomic E-state index is 11.7. The molecule has 0 spiro atoms. The maximum Gasteiger partial charge on any atom is 0.212 e. The molecule has 7 heteroatoms. The number of aliphatic hydroxyl groups is 1. The molecule has 3 unspecified atom stereocenters. The van der Waals surface area contributed by atoms with E-state index in [1.165, 1.54) is 11.8 Å². The average Bonchev–Trinajstić information content (AvgIpc) is 2.17. The number of nitrogens with one attached hydrogen (secondary N) is 1. The molecule has 0 aromatic heterocycles. The Balaban J connectivity index is 4.35. The number of sulfonamides is 1. The predicted octanol–water partition coefficient (Wildman–Crippen LogP) is 0.893. The molecule has 16 heavy (non-hydrogen) atoms. The number of halogens is 1. The Morgan fingerprint density at radius 3 is 2.38 bits per heavy atom. The molecule has 98 valence electrons. The second-order valence-corrected chi connectivity index (χ2v) is 7.09. The monoisotopic (exact) mass is 289 g/mol. The number of hydrogen-bond acceptors (Lipinski definition) is 4. The summed E-state index contributed by atoms with van der Waals surface area (Å²) in [7, 11) is -3.32. The summed E-state index contributed by atoms with van der Waals surface area (Å²) in [6, 6.07) is -0.285. The number of hydrogen-bond donors (Lipinski definition) is 2. The molecule has 0 saturated heterocycles. The molecule has 0 bridgehead atoms. The summed E-state index contributed by atoms with van der Waals surface area (Å²) in [5.41, 5.74) is 0. The van der Waals surface area contributed by atoms with Gasteiger partial charge in [-0.3, -0.25) is 0 Å². The first kappa shape index (κ1) is 16.5. The molecular weight excluding hydrogens is 270 g/mol. The smallest absolute Gasteiger partial charge is 0.212 e. The summed E-state index contributed by atoms with van der Waals surface area (Å²) in [6.07, 6.45) is 1.84. The third kappa shape index (κ3) is 6.30. The van der Waals surface area contributed by atoms with Gasteiger partial charge in [-0.2, -0.15) is 11.8 Å². The van der Waals surface area contributed by atoms with E-state index in [9.17, 15) is 8.42 Å². The topological polar surface area (TPSA) is 66.4 Å². The molecule has 0 aromatic carbocycles. The molecule has 2 N–H and O–H groups in total. The normalized spacial score (nSPS) is 18.1. The van der Waals surface area contributed by atoms with Crippen LogP contribution in [0.25, 0.3) is 0 Å². The lowest BCUT2D eigenvalue weighted by Gasteiger charge is -2.21. The van der Waals surface area contributed by atoms with Crippen molar-refractivity contribution in [2.75, 3.05) is 24.5 Å². The van der Waals surface area contributed by atoms with Gasteiger partial charge in [-0.1, -0.05) is 6.92 Å². The zero-order valence-electron chi connectivity index (χ0n) is 9.81. The highest BCUT2D eigenvalue weighted by atomic mass is 35.5. The van der Waals surface area contributed by atoms with Gasteiger partial charge < -0.3 is 5.11 Å². The fourth-order valence-corrected chi connectivity index (χ4v) is 3.91. The van der Waals surface area contributed by atoms with Crippen LogP contribution in [0.2, 0.25) is 0 Å². The molecule has 3 atom stereocenters. The lowest BCUT2D eigenvalue weighted by molar-refractivity contribution is 0.282. The Kier molecular flexibility index (Phi) is 8.01. The van der Waals surface area contributed by atoms with Crippen LogP contribution in [0.3, 0.4) is 0 Å². The summed E-state index contributed by atoms with van der Waals surface area (Å²) in [5, 5.41) is 8.92. The Hall–Kier alpha value is 0.510. The molecule has 0 fully saturated rings. The van der Waals surface area contributed by atoms with Gasteiger partial charge in [0.2, 0.25) is 10.0 Å². The van der Waals surface area contributed by atoms with Crippen LogP contribution in [0.1, 0.15) is 13.8 Å². The van der Waals surface area contributed by atoms with Gasteiger partial charge in [0.25, 0.3) is 0 Å². The third-order valence-corrected chi connectivity index (χ3v) is 5.60. The van der Waals surface area contributed by atoms with E-state index >= 15 is 0 Å². The van der Waals surface area contributed by atoms with Crippen LogP contribution in [0, 0.1) is 5.92 Å². The van der Waals surface area contributed by atoms with Crippen molar-refractivity contribution in [1.82, 2.24) is 4.72 Å². The van der Waals surface area contributed by atoms with E-state index in [0.29, 0.717) is 5.88 Å². The van der Waals surface area contributed by atoms with Crippen molar-refractivity contribution in [3.05, 3.63) is 0 Å². The SMILES string of the molecule is CSC(CO)C(C)NS(=O)(=O)CC(C)CCl. The van der Waals surface area contributed by atoms with E-state index in [1.807, 2.05) is 6.26 Å². The summed E-state index contributed by atoms with van der Waals surface area (Å²) < 4.78 is 25.9. The van der Waals surface area contributed by atoms with Gasteiger partial charge in [0, 0.05) is 17.2 Å². The minimum atomic E-state index is -3.32. The van der Waals surface area contributed by atoms with E-state index in [4.69, 9.17) is 16.7 Å². The average molecular weight is 290 g/mol. The molecule has 0 amide bonds. The van der Waals surface area contributed by atoms with Gasteiger partial charge in [0.1, 0.15) is 0 Å². The fourth-order valence-electron chi connectivity index (χ4n) is 1.26. The minimum Gasteiger partial charge on any atom is -0.395 e. The summed E-state index contributed by atoms with van der Waals surface area (Å²) in [4.78, 5) is 0. The molecule has 0 aliphatic rings. The highest BCUT2D eigenvalue weighted by Gasteiger charge is 2.22. The van der Waals surface area contributed by atoms with Crippen LogP contribution in [0.4, 0.5) is 0 Å². The van der Waals surface area contributed by atoms with Crippen LogP contribution in [0.15, 0.2) is 0 Å². The maximum atomic E-state index is 11.7. The second kappa shape index (κ2) is 7.76. The Bertz CT molecular complexity index is 280. The predicted molar refractivity (Wildman–Crippen MR) is 70.7 cm³/mol. The molecule has 0 aliphatic heterocycles. The molecule has 0 aliphatic carbocycles. The minimum absolute atomic E-state index is 0.0212. The van der Waals surface area contributed by atoms with E-state index in [-0.39, 0.29) is 29.6 Å². The van der Waals surface area contributed by atoms with Gasteiger partial charge in [-0.05, 0) is 19.1 Å². The quantitative estimate of drug-likeness (QED) is 0.652. The van der Waals surface area contributed by atoms with Crippen molar-refractivity contribution in [3.63, 3.8) is 0 Å². The fraction of sp³-hybridized carbons (Fsp3) is 1.00. The zero-order valence-corrected chi connectivity index (χ0v) is 12.2. The molecular formula is C9H20ClNO3S2. The van der Waals surface area contributed by atoms with Crippen LogP contribution in [-0.4, -0.2) is 49.3 Å². The van der Waals surface area contributed by atoms with Crippen molar-refractivity contribution in [1.29, 1.82) is 0 Å². The molecule has 0 saturated carbocycles. The van der Waals surface area contributed by atoms with Crippen LogP contribution in [0.5, 0.6) is 0 Å². The lowest BCUT2D eigenvalue weighted by atomic mass is 10.3. The number of rotatable bonds is 8. The Morgan fingerprint density at radius 1 is 1.44 bits per heavy atom. The summed E-state index contributed by atoms with van der Waals surface area (Å²) in [6.45, 7) is 3.49. The highest BCUT2D eigenvalue weighted by Crippen LogP contribution is 2.12. The standard InChI is InChI=1S/C9H20ClNO3S2/c1-7(4-10)6-16(13,14)11-8(2)9(5-12)15-3/h7-9,11-12H,4-6H2,1-3H3. The Morgan fingerprint density at radius 2 is 2.00 bits per heavy atom. The van der Waals surface area contributed by atoms with Crippen LogP contribution >= 0.6 is 23.4 Å². The van der Waals surface area contributed by atoms with Crippen molar-refractivity contribution in [2.45, 2.75) is 25.1 Å². The first-order chi connectivity index (χ1) is 7.36. The molecule has 0 rings (SSSR count). The lowest BCUT2D eigenvalue weighted by Crippen LogP contribution is -2.43. The first-order valence-electron chi connectivity index (χ1n) is 5.06. The van der Waals surface area contributed by atoms with E-state index in [1.54, 1.807) is 13.8 Å². The van der Waals surface area contributed by atoms with Gasteiger partial charge in [-0.15, -0.1) is 11.6 Å². The molecule has 0 aromatic rings. The van der Waals surface area contributed by atoms with Crippen molar-refractivity contribution in [2.24, 2.45) is 5.92 Å². The van der Waals surface area contributed by atoms with Crippen LogP contribution < -0.4 is 4.72 Å². The van der Waals surface area contributed by atoms with Gasteiger partial charge in [0.05, 0.1) is 12.4 Å². The molecule has 4 nitrogen and oxygen atoms in total. The van der Waals surface area contributed by atoms with Crippen molar-refractivity contribution < 1.29 is 13.5 Å². The largest absolute Gasteiger partial charge is 0.395 e. The van der Waals surface area contributed by atoms with E-state index in [2.05, 4.69) is 4.72 Å². The van der Waals surface area contributed by atoms with Crippen LogP contribution in [-0.2, 0) is 10.0 Å². The zero-order chi connectivity index (χ0) is 12.8. The summed E-state index contributed by atoms with van der Waals surface area (Å²) in [5.74, 6) is 0.266. The number of thioether (sulfide) groups is 1. The van der Waals surface area contributed by atoms with Crippen molar-refractivity contribution in [3.8, 4) is 0 Å². The third-order valence-electron chi connectivity index (χ3n) is 2.17. The van der Waals surface area contributed by atoms with E-state index in [0.717, 1.165) is 0 Å². The second-order valence-electron chi connectivity index (χ2n) is 3.90. The van der Waals surface area contributed by atoms with Gasteiger partial charge >= 0.3 is 0 Å². The number of aliphatic hydroxyl groups excluding tert-OH is 1. The van der Waals surface area contributed by atoms with Crippen molar-refractivity contribution >= 4 is 33.4 Å². The Labute approximate surface area is 107 Å². The van der Waals surface area contributed by atoms with Gasteiger partial charge in [0.15, 0.2) is 0 Å². The molecule has 0 radical (unpaired) electrons. The first-order valence-corrected chi connectivity index (χ1v) is 8.53. The van der Waals surface area contributed by atoms with Gasteiger partial charge in [-0.25, -0.2) is 13.1 Å². The number of alkyl halides is 1. The van der Waals surface area contributed by atoms with E-state index < -0.39 is 10.0 Å². The highest BCUT2D eigenvalue weighted by molar-refractivity contribution is 7.99. The summed E-state index contributed by atoms with van der Waals surface area (Å²) >= 11 is 7.02. The molecule has 0 heterocycles.